The third-order valence-corrected chi connectivity index (χ3v) is 3.08. The monoisotopic (exact) mass is 206 g/mol. The number of anilines is 2. The zero-order valence-corrected chi connectivity index (χ0v) is 8.89. The van der Waals surface area contributed by atoms with Crippen molar-refractivity contribution < 1.29 is 0 Å². The van der Waals surface area contributed by atoms with Crippen LogP contribution >= 0.6 is 0 Å². The van der Waals surface area contributed by atoms with E-state index in [1.807, 2.05) is 18.3 Å². The Kier molecular flexibility index (Phi) is 3.06. The van der Waals surface area contributed by atoms with Gasteiger partial charge in [0.15, 0.2) is 0 Å². The molecule has 1 fully saturated rings. The summed E-state index contributed by atoms with van der Waals surface area (Å²) in [5, 5.41) is 0. The van der Waals surface area contributed by atoms with Crippen LogP contribution < -0.4 is 16.4 Å². The molecule has 1 saturated heterocycles. The third kappa shape index (κ3) is 2.39. The van der Waals surface area contributed by atoms with Gasteiger partial charge in [-0.3, -0.25) is 0 Å². The highest BCUT2D eigenvalue weighted by molar-refractivity contribution is 5.48. The van der Waals surface area contributed by atoms with Crippen LogP contribution in [0, 0.1) is 5.92 Å². The third-order valence-electron chi connectivity index (χ3n) is 3.08. The van der Waals surface area contributed by atoms with Gasteiger partial charge in [-0.2, -0.15) is 0 Å². The van der Waals surface area contributed by atoms with Crippen molar-refractivity contribution in [3.05, 3.63) is 18.3 Å². The summed E-state index contributed by atoms with van der Waals surface area (Å²) in [6, 6.07) is 3.88. The van der Waals surface area contributed by atoms with Gasteiger partial charge in [-0.1, -0.05) is 0 Å². The van der Waals surface area contributed by atoms with E-state index in [9.17, 15) is 0 Å². The molecule has 0 atom stereocenters. The summed E-state index contributed by atoms with van der Waals surface area (Å²) in [6.45, 7) is 2.97. The molecule has 2 heterocycles. The Morgan fingerprint density at radius 1 is 1.33 bits per heavy atom. The van der Waals surface area contributed by atoms with Crippen LogP contribution in [0.5, 0.6) is 0 Å². The lowest BCUT2D eigenvalue weighted by Gasteiger charge is -2.32. The molecule has 1 aliphatic rings. The van der Waals surface area contributed by atoms with Crippen LogP contribution in [-0.2, 0) is 0 Å². The number of nitrogens with zero attached hydrogens (tertiary/aromatic N) is 2. The molecule has 82 valence electrons. The van der Waals surface area contributed by atoms with Crippen LogP contribution in [0.3, 0.4) is 0 Å². The highest BCUT2D eigenvalue weighted by Gasteiger charge is 2.18. The van der Waals surface area contributed by atoms with E-state index in [0.717, 1.165) is 19.6 Å². The first-order chi connectivity index (χ1) is 7.29. The maximum Gasteiger partial charge on any atom is 0.123 e. The minimum Gasteiger partial charge on any atom is -0.384 e. The molecule has 1 aliphatic heterocycles. The topological polar surface area (TPSA) is 68.2 Å². The zero-order valence-electron chi connectivity index (χ0n) is 8.89. The second-order valence-electron chi connectivity index (χ2n) is 4.11. The second kappa shape index (κ2) is 4.49. The smallest absolute Gasteiger partial charge is 0.123 e. The molecule has 0 bridgehead atoms. The molecule has 0 amide bonds. The van der Waals surface area contributed by atoms with E-state index in [0.29, 0.717) is 11.7 Å². The predicted octanol–water partition coefficient (Wildman–Crippen LogP) is 0.839. The van der Waals surface area contributed by atoms with Crippen molar-refractivity contribution in [1.29, 1.82) is 0 Å². The molecule has 4 N–H and O–H groups in total. The maximum atomic E-state index is 5.66. The van der Waals surface area contributed by atoms with E-state index >= 15 is 0 Å². The Hall–Kier alpha value is -1.29. The van der Waals surface area contributed by atoms with Crippen LogP contribution in [0.2, 0.25) is 0 Å². The molecule has 0 unspecified atom stereocenters. The normalized spacial score (nSPS) is 18.1. The summed E-state index contributed by atoms with van der Waals surface area (Å²) in [4.78, 5) is 6.45. The first-order valence-electron chi connectivity index (χ1n) is 5.46. The first-order valence-corrected chi connectivity index (χ1v) is 5.46. The molecule has 1 aromatic heterocycles. The number of nitrogens with two attached hydrogens (primary N) is 2. The molecule has 0 saturated carbocycles. The molecule has 0 aliphatic carbocycles. The Bertz CT molecular complexity index is 301. The largest absolute Gasteiger partial charge is 0.384 e. The van der Waals surface area contributed by atoms with E-state index in [4.69, 9.17) is 11.5 Å². The summed E-state index contributed by atoms with van der Waals surface area (Å²) in [5.74, 6) is 1.28. The molecule has 1 aromatic rings. The Morgan fingerprint density at radius 2 is 2.07 bits per heavy atom. The highest BCUT2D eigenvalue weighted by atomic mass is 15.1. The lowest BCUT2D eigenvalue weighted by molar-refractivity contribution is 0.414. The average Bonchev–Trinajstić information content (AvgIpc) is 2.30. The molecule has 2 rings (SSSR count). The van der Waals surface area contributed by atoms with Crippen LogP contribution in [0.4, 0.5) is 11.5 Å². The van der Waals surface area contributed by atoms with Gasteiger partial charge >= 0.3 is 0 Å². The van der Waals surface area contributed by atoms with Gasteiger partial charge in [0.25, 0.3) is 0 Å². The molecule has 0 aromatic carbocycles. The minimum atomic E-state index is 0.579. The molecular formula is C11H18N4. The van der Waals surface area contributed by atoms with Gasteiger partial charge in [0.05, 0.1) is 11.9 Å². The predicted molar refractivity (Wildman–Crippen MR) is 62.6 cm³/mol. The number of aromatic nitrogens is 1. The quantitative estimate of drug-likeness (QED) is 0.752. The maximum absolute atomic E-state index is 5.66. The fourth-order valence-electron chi connectivity index (χ4n) is 2.01. The van der Waals surface area contributed by atoms with Gasteiger partial charge in [0.2, 0.25) is 0 Å². The van der Waals surface area contributed by atoms with Crippen LogP contribution in [0.25, 0.3) is 0 Å². The summed E-state index contributed by atoms with van der Waals surface area (Å²) in [6.07, 6.45) is 4.21. The second-order valence-corrected chi connectivity index (χ2v) is 4.11. The number of hydrogen-bond acceptors (Lipinski definition) is 4. The van der Waals surface area contributed by atoms with Crippen molar-refractivity contribution in [3.8, 4) is 0 Å². The van der Waals surface area contributed by atoms with Crippen molar-refractivity contribution in [2.45, 2.75) is 12.8 Å². The van der Waals surface area contributed by atoms with Crippen molar-refractivity contribution in [2.24, 2.45) is 11.7 Å². The van der Waals surface area contributed by atoms with Gasteiger partial charge in [-0.05, 0) is 37.4 Å². The number of pyridine rings is 1. The summed E-state index contributed by atoms with van der Waals surface area (Å²) >= 11 is 0. The fourth-order valence-corrected chi connectivity index (χ4v) is 2.01. The van der Waals surface area contributed by atoms with Crippen LogP contribution in [-0.4, -0.2) is 24.6 Å². The van der Waals surface area contributed by atoms with E-state index in [1.54, 1.807) is 0 Å². The molecular weight excluding hydrogens is 188 g/mol. The Balaban J connectivity index is 1.98. The fraction of sp³-hybridized carbons (Fsp3) is 0.545. The average molecular weight is 206 g/mol. The highest BCUT2D eigenvalue weighted by Crippen LogP contribution is 2.22. The van der Waals surface area contributed by atoms with Gasteiger partial charge in [0.1, 0.15) is 5.82 Å². The molecule has 0 radical (unpaired) electrons. The summed E-state index contributed by atoms with van der Waals surface area (Å²) in [5.41, 5.74) is 12.4. The number of rotatable bonds is 2. The summed E-state index contributed by atoms with van der Waals surface area (Å²) < 4.78 is 0. The Morgan fingerprint density at radius 3 is 2.60 bits per heavy atom. The molecule has 15 heavy (non-hydrogen) atoms. The standard InChI is InChI=1S/C11H18N4/c12-7-9-3-5-15(6-4-9)10-1-2-11(13)14-8-10/h1-2,8-9H,3-7,12H2,(H2,13,14). The van der Waals surface area contributed by atoms with Crippen LogP contribution in [0.15, 0.2) is 18.3 Å². The molecule has 0 spiro atoms. The molecule has 4 nitrogen and oxygen atoms in total. The van der Waals surface area contributed by atoms with Crippen molar-refractivity contribution >= 4 is 11.5 Å². The lowest BCUT2D eigenvalue weighted by atomic mass is 9.97. The SMILES string of the molecule is NCC1CCN(c2ccc(N)nc2)CC1. The minimum absolute atomic E-state index is 0.579. The number of piperidine rings is 1. The van der Waals surface area contributed by atoms with Gasteiger partial charge < -0.3 is 16.4 Å². The Labute approximate surface area is 90.3 Å². The van der Waals surface area contributed by atoms with E-state index in [1.165, 1.54) is 18.5 Å². The van der Waals surface area contributed by atoms with Crippen molar-refractivity contribution in [1.82, 2.24) is 4.98 Å². The van der Waals surface area contributed by atoms with E-state index in [-0.39, 0.29) is 0 Å². The van der Waals surface area contributed by atoms with Crippen LogP contribution in [0.1, 0.15) is 12.8 Å². The zero-order chi connectivity index (χ0) is 10.7. The van der Waals surface area contributed by atoms with Gasteiger partial charge in [-0.15, -0.1) is 0 Å². The molecule has 4 heteroatoms. The van der Waals surface area contributed by atoms with Gasteiger partial charge in [-0.25, -0.2) is 4.98 Å². The summed E-state index contributed by atoms with van der Waals surface area (Å²) in [7, 11) is 0. The van der Waals surface area contributed by atoms with E-state index < -0.39 is 0 Å². The lowest BCUT2D eigenvalue weighted by Crippen LogP contribution is -2.36. The first kappa shape index (κ1) is 10.2. The number of nitrogen functional groups attached to an aromatic ring is 1. The van der Waals surface area contributed by atoms with Crippen molar-refractivity contribution in [2.75, 3.05) is 30.3 Å². The number of hydrogen-bond donors (Lipinski definition) is 2. The van der Waals surface area contributed by atoms with Crippen molar-refractivity contribution in [3.63, 3.8) is 0 Å². The van der Waals surface area contributed by atoms with E-state index in [2.05, 4.69) is 9.88 Å². The van der Waals surface area contributed by atoms with Gasteiger partial charge in [0, 0.05) is 13.1 Å².